The molecule has 3 nitrogen and oxygen atoms in total. The molecule has 0 bridgehead atoms. The Bertz CT molecular complexity index is 292. The molecule has 1 aromatic rings. The van der Waals surface area contributed by atoms with Gasteiger partial charge in [0.2, 0.25) is 0 Å². The van der Waals surface area contributed by atoms with E-state index in [1.165, 1.54) is 30.0 Å². The minimum absolute atomic E-state index is 0.888. The lowest BCUT2D eigenvalue weighted by Gasteiger charge is -2.21. The van der Waals surface area contributed by atoms with Crippen molar-refractivity contribution in [3.05, 3.63) is 18.0 Å². The van der Waals surface area contributed by atoms with Crippen molar-refractivity contribution < 1.29 is 0 Å². The summed E-state index contributed by atoms with van der Waals surface area (Å²) in [5.41, 5.74) is 1.26. The van der Waals surface area contributed by atoms with Crippen molar-refractivity contribution in [3.8, 4) is 0 Å². The van der Waals surface area contributed by atoms with Crippen LogP contribution >= 0.6 is 11.8 Å². The Morgan fingerprint density at radius 1 is 1.53 bits per heavy atom. The number of aryl methyl sites for hydroxylation is 1. The van der Waals surface area contributed by atoms with E-state index in [-0.39, 0.29) is 0 Å². The highest BCUT2D eigenvalue weighted by molar-refractivity contribution is 7.99. The zero-order valence-corrected chi connectivity index (χ0v) is 10.1. The number of nitrogens with zero attached hydrogens (tertiary/aromatic N) is 2. The standard InChI is InChI=1S/C11H19N3S/c1-14-11(2-5-13-14)9-12-8-10-3-6-15-7-4-10/h2,5,10,12H,3-4,6-9H2,1H3. The van der Waals surface area contributed by atoms with Gasteiger partial charge in [-0.2, -0.15) is 16.9 Å². The Morgan fingerprint density at radius 2 is 2.33 bits per heavy atom. The van der Waals surface area contributed by atoms with E-state index in [1.807, 2.05) is 17.9 Å². The van der Waals surface area contributed by atoms with Crippen molar-refractivity contribution >= 4 is 11.8 Å². The quantitative estimate of drug-likeness (QED) is 0.845. The van der Waals surface area contributed by atoms with Crippen molar-refractivity contribution in [1.29, 1.82) is 0 Å². The average Bonchev–Trinajstić information content (AvgIpc) is 2.66. The summed E-state index contributed by atoms with van der Waals surface area (Å²) in [6.45, 7) is 2.10. The number of thioether (sulfide) groups is 1. The molecule has 0 aromatic carbocycles. The predicted molar refractivity (Wildman–Crippen MR) is 65.0 cm³/mol. The number of nitrogens with one attached hydrogen (secondary N) is 1. The van der Waals surface area contributed by atoms with E-state index in [9.17, 15) is 0 Å². The Hall–Kier alpha value is -0.480. The lowest BCUT2D eigenvalue weighted by Crippen LogP contribution is -2.26. The molecule has 0 unspecified atom stereocenters. The van der Waals surface area contributed by atoms with Crippen LogP contribution in [0, 0.1) is 5.92 Å². The number of hydrogen-bond donors (Lipinski definition) is 1. The van der Waals surface area contributed by atoms with Gasteiger partial charge in [0.05, 0.1) is 5.69 Å². The number of hydrogen-bond acceptors (Lipinski definition) is 3. The second-order valence-corrected chi connectivity index (χ2v) is 5.36. The summed E-state index contributed by atoms with van der Waals surface area (Å²) in [7, 11) is 1.99. The van der Waals surface area contributed by atoms with Crippen LogP contribution in [-0.2, 0) is 13.6 Å². The molecule has 2 rings (SSSR count). The fraction of sp³-hybridized carbons (Fsp3) is 0.727. The molecule has 1 N–H and O–H groups in total. The minimum atomic E-state index is 0.888. The summed E-state index contributed by atoms with van der Waals surface area (Å²) in [4.78, 5) is 0. The van der Waals surface area contributed by atoms with Gasteiger partial charge in [-0.3, -0.25) is 4.68 Å². The van der Waals surface area contributed by atoms with Gasteiger partial charge in [0.1, 0.15) is 0 Å². The van der Waals surface area contributed by atoms with Crippen LogP contribution in [0.3, 0.4) is 0 Å². The molecule has 0 aliphatic carbocycles. The number of aromatic nitrogens is 2. The van der Waals surface area contributed by atoms with Gasteiger partial charge in [0, 0.05) is 19.8 Å². The maximum Gasteiger partial charge on any atom is 0.0518 e. The van der Waals surface area contributed by atoms with Crippen molar-refractivity contribution in [2.24, 2.45) is 13.0 Å². The molecule has 0 spiro atoms. The third kappa shape index (κ3) is 3.24. The van der Waals surface area contributed by atoms with E-state index < -0.39 is 0 Å². The van der Waals surface area contributed by atoms with Crippen LogP contribution in [0.2, 0.25) is 0 Å². The second kappa shape index (κ2) is 5.56. The SMILES string of the molecule is Cn1nccc1CNCC1CCSCC1. The first kappa shape index (κ1) is 11.0. The third-order valence-corrected chi connectivity index (χ3v) is 4.05. The molecule has 1 fully saturated rings. The summed E-state index contributed by atoms with van der Waals surface area (Å²) in [6, 6.07) is 2.07. The normalized spacial score (nSPS) is 18.2. The molecule has 0 radical (unpaired) electrons. The van der Waals surface area contributed by atoms with Crippen molar-refractivity contribution in [1.82, 2.24) is 15.1 Å². The summed E-state index contributed by atoms with van der Waals surface area (Å²) >= 11 is 2.09. The summed E-state index contributed by atoms with van der Waals surface area (Å²) in [5.74, 6) is 3.58. The largest absolute Gasteiger partial charge is 0.311 e. The van der Waals surface area contributed by atoms with Crippen LogP contribution in [0.4, 0.5) is 0 Å². The van der Waals surface area contributed by atoms with Gasteiger partial charge < -0.3 is 5.32 Å². The van der Waals surface area contributed by atoms with Gasteiger partial charge in [-0.15, -0.1) is 0 Å². The van der Waals surface area contributed by atoms with Gasteiger partial charge >= 0.3 is 0 Å². The maximum atomic E-state index is 4.16. The molecule has 84 valence electrons. The lowest BCUT2D eigenvalue weighted by atomic mass is 10.0. The predicted octanol–water partition coefficient (Wildman–Crippen LogP) is 1.65. The van der Waals surface area contributed by atoms with Crippen LogP contribution in [0.1, 0.15) is 18.5 Å². The van der Waals surface area contributed by atoms with Gasteiger partial charge in [-0.25, -0.2) is 0 Å². The van der Waals surface area contributed by atoms with E-state index in [2.05, 4.69) is 28.2 Å². The van der Waals surface area contributed by atoms with Crippen molar-refractivity contribution in [2.45, 2.75) is 19.4 Å². The molecular formula is C11H19N3S. The van der Waals surface area contributed by atoms with Crippen molar-refractivity contribution in [2.75, 3.05) is 18.1 Å². The molecule has 1 aliphatic rings. The fourth-order valence-corrected chi connectivity index (χ4v) is 3.13. The van der Waals surface area contributed by atoms with Crippen LogP contribution in [0.15, 0.2) is 12.3 Å². The van der Waals surface area contributed by atoms with Crippen LogP contribution in [-0.4, -0.2) is 27.8 Å². The van der Waals surface area contributed by atoms with Gasteiger partial charge in [0.15, 0.2) is 0 Å². The van der Waals surface area contributed by atoms with Gasteiger partial charge in [0.25, 0.3) is 0 Å². The van der Waals surface area contributed by atoms with Crippen LogP contribution in [0.5, 0.6) is 0 Å². The molecular weight excluding hydrogens is 206 g/mol. The molecule has 1 saturated heterocycles. The molecule has 15 heavy (non-hydrogen) atoms. The molecule has 4 heteroatoms. The molecule has 2 heterocycles. The Balaban J connectivity index is 1.68. The third-order valence-electron chi connectivity index (χ3n) is 3.00. The Morgan fingerprint density at radius 3 is 3.00 bits per heavy atom. The molecule has 1 aromatic heterocycles. The summed E-state index contributed by atoms with van der Waals surface area (Å²) in [6.07, 6.45) is 4.61. The van der Waals surface area contributed by atoms with Gasteiger partial charge in [-0.05, 0) is 42.9 Å². The second-order valence-electron chi connectivity index (χ2n) is 4.13. The zero-order chi connectivity index (χ0) is 10.5. The van der Waals surface area contributed by atoms with E-state index in [0.717, 1.165) is 19.0 Å². The van der Waals surface area contributed by atoms with Crippen LogP contribution in [0.25, 0.3) is 0 Å². The highest BCUT2D eigenvalue weighted by Gasteiger charge is 2.12. The summed E-state index contributed by atoms with van der Waals surface area (Å²) in [5, 5.41) is 7.68. The highest BCUT2D eigenvalue weighted by Crippen LogP contribution is 2.21. The zero-order valence-electron chi connectivity index (χ0n) is 9.28. The molecule has 1 aliphatic heterocycles. The van der Waals surface area contributed by atoms with Crippen LogP contribution < -0.4 is 5.32 Å². The Labute approximate surface area is 95.6 Å². The molecule has 0 atom stereocenters. The highest BCUT2D eigenvalue weighted by atomic mass is 32.2. The fourth-order valence-electron chi connectivity index (χ4n) is 1.93. The minimum Gasteiger partial charge on any atom is -0.311 e. The van der Waals surface area contributed by atoms with E-state index in [1.54, 1.807) is 0 Å². The van der Waals surface area contributed by atoms with Gasteiger partial charge in [-0.1, -0.05) is 0 Å². The monoisotopic (exact) mass is 225 g/mol. The summed E-state index contributed by atoms with van der Waals surface area (Å²) < 4.78 is 1.93. The topological polar surface area (TPSA) is 29.9 Å². The van der Waals surface area contributed by atoms with E-state index >= 15 is 0 Å². The van der Waals surface area contributed by atoms with E-state index in [4.69, 9.17) is 0 Å². The van der Waals surface area contributed by atoms with Crippen molar-refractivity contribution in [3.63, 3.8) is 0 Å². The average molecular weight is 225 g/mol. The first-order chi connectivity index (χ1) is 7.36. The first-order valence-corrected chi connectivity index (χ1v) is 6.77. The first-order valence-electron chi connectivity index (χ1n) is 5.61. The van der Waals surface area contributed by atoms with E-state index in [0.29, 0.717) is 0 Å². The molecule has 0 saturated carbocycles. The molecule has 0 amide bonds. The smallest absolute Gasteiger partial charge is 0.0518 e. The Kier molecular flexibility index (Phi) is 4.09. The number of rotatable bonds is 4. The maximum absolute atomic E-state index is 4.16. The lowest BCUT2D eigenvalue weighted by molar-refractivity contribution is 0.443.